The Morgan fingerprint density at radius 3 is 2.86 bits per heavy atom. The zero-order valence-corrected chi connectivity index (χ0v) is 9.05. The summed E-state index contributed by atoms with van der Waals surface area (Å²) in [5.41, 5.74) is 1.86. The number of hydrogen-bond acceptors (Lipinski definition) is 1. The summed E-state index contributed by atoms with van der Waals surface area (Å²) in [5.74, 6) is -0.896. The van der Waals surface area contributed by atoms with E-state index >= 15 is 0 Å². The average molecular weight is 254 g/mol. The number of aryl methyl sites for hydroxylation is 1. The molecule has 0 atom stereocenters. The second-order valence-corrected chi connectivity index (χ2v) is 3.95. The smallest absolute Gasteiger partial charge is 0.338 e. The van der Waals surface area contributed by atoms with Crippen molar-refractivity contribution >= 4 is 32.8 Å². The van der Waals surface area contributed by atoms with Crippen molar-refractivity contribution in [3.63, 3.8) is 0 Å². The van der Waals surface area contributed by atoms with E-state index in [-0.39, 0.29) is 0 Å². The standard InChI is InChI=1S/C10H8BrNO2/c1-5-8(10(13)14)6-3-2-4-7(11)9(6)12-5/h2-4,12H,1H3,(H,13,14). The topological polar surface area (TPSA) is 53.1 Å². The summed E-state index contributed by atoms with van der Waals surface area (Å²) >= 11 is 3.37. The number of aromatic carboxylic acids is 1. The molecule has 0 saturated heterocycles. The van der Waals surface area contributed by atoms with E-state index in [0.29, 0.717) is 11.3 Å². The lowest BCUT2D eigenvalue weighted by atomic mass is 10.1. The molecule has 0 aliphatic rings. The van der Waals surface area contributed by atoms with E-state index in [9.17, 15) is 4.79 Å². The van der Waals surface area contributed by atoms with Gasteiger partial charge in [0.1, 0.15) is 0 Å². The summed E-state index contributed by atoms with van der Waals surface area (Å²) in [7, 11) is 0. The van der Waals surface area contributed by atoms with Crippen molar-refractivity contribution < 1.29 is 9.90 Å². The second-order valence-electron chi connectivity index (χ2n) is 3.09. The SMILES string of the molecule is Cc1[nH]c2c(Br)cccc2c1C(=O)O. The molecule has 2 aromatic rings. The lowest BCUT2D eigenvalue weighted by Crippen LogP contribution is -1.96. The number of fused-ring (bicyclic) bond motifs is 1. The van der Waals surface area contributed by atoms with Gasteiger partial charge in [0.15, 0.2) is 0 Å². The molecule has 0 bridgehead atoms. The zero-order valence-electron chi connectivity index (χ0n) is 7.47. The molecule has 0 saturated carbocycles. The van der Waals surface area contributed by atoms with E-state index in [1.165, 1.54) is 0 Å². The molecule has 0 aliphatic heterocycles. The van der Waals surface area contributed by atoms with Crippen LogP contribution in [-0.2, 0) is 0 Å². The van der Waals surface area contributed by atoms with Gasteiger partial charge in [0.05, 0.1) is 11.1 Å². The van der Waals surface area contributed by atoms with Crippen LogP contribution in [0.1, 0.15) is 16.1 Å². The van der Waals surface area contributed by atoms with Gasteiger partial charge < -0.3 is 10.1 Å². The number of H-pyrrole nitrogens is 1. The maximum Gasteiger partial charge on any atom is 0.338 e. The molecule has 1 heterocycles. The Morgan fingerprint density at radius 1 is 1.50 bits per heavy atom. The molecule has 0 unspecified atom stereocenters. The molecule has 0 spiro atoms. The van der Waals surface area contributed by atoms with Crippen molar-refractivity contribution in [2.75, 3.05) is 0 Å². The Hall–Kier alpha value is -1.29. The van der Waals surface area contributed by atoms with Crippen LogP contribution in [0.25, 0.3) is 10.9 Å². The van der Waals surface area contributed by atoms with Crippen molar-refractivity contribution in [1.82, 2.24) is 4.98 Å². The van der Waals surface area contributed by atoms with Gasteiger partial charge in [0.2, 0.25) is 0 Å². The van der Waals surface area contributed by atoms with Crippen molar-refractivity contribution in [1.29, 1.82) is 0 Å². The maximum atomic E-state index is 11.0. The maximum absolute atomic E-state index is 11.0. The highest BCUT2D eigenvalue weighted by Gasteiger charge is 2.15. The van der Waals surface area contributed by atoms with E-state index in [1.807, 2.05) is 12.1 Å². The number of nitrogens with one attached hydrogen (secondary N) is 1. The average Bonchev–Trinajstić information content (AvgIpc) is 2.42. The quantitative estimate of drug-likeness (QED) is 0.821. The number of hydrogen-bond donors (Lipinski definition) is 2. The minimum atomic E-state index is -0.896. The summed E-state index contributed by atoms with van der Waals surface area (Å²) in [6, 6.07) is 5.50. The molecule has 0 fully saturated rings. The molecule has 0 aliphatic carbocycles. The van der Waals surface area contributed by atoms with Gasteiger partial charge in [-0.3, -0.25) is 0 Å². The van der Waals surface area contributed by atoms with Crippen LogP contribution >= 0.6 is 15.9 Å². The highest BCUT2D eigenvalue weighted by Crippen LogP contribution is 2.27. The monoisotopic (exact) mass is 253 g/mol. The van der Waals surface area contributed by atoms with Crippen LogP contribution in [0, 0.1) is 6.92 Å². The Balaban J connectivity index is 2.90. The molecule has 0 amide bonds. The number of aromatic nitrogens is 1. The highest BCUT2D eigenvalue weighted by atomic mass is 79.9. The number of halogens is 1. The molecule has 3 nitrogen and oxygen atoms in total. The third kappa shape index (κ3) is 1.23. The number of carbonyl (C=O) groups is 1. The second kappa shape index (κ2) is 3.13. The van der Waals surface area contributed by atoms with Crippen LogP contribution in [0.2, 0.25) is 0 Å². The van der Waals surface area contributed by atoms with Gasteiger partial charge in [-0.2, -0.15) is 0 Å². The van der Waals surface area contributed by atoms with Crippen LogP contribution < -0.4 is 0 Å². The predicted octanol–water partition coefficient (Wildman–Crippen LogP) is 2.94. The van der Waals surface area contributed by atoms with E-state index in [4.69, 9.17) is 5.11 Å². The van der Waals surface area contributed by atoms with Gasteiger partial charge in [-0.15, -0.1) is 0 Å². The van der Waals surface area contributed by atoms with Crippen molar-refractivity contribution in [2.45, 2.75) is 6.92 Å². The van der Waals surface area contributed by atoms with Gasteiger partial charge in [0.25, 0.3) is 0 Å². The molecule has 72 valence electrons. The van der Waals surface area contributed by atoms with Gasteiger partial charge in [-0.1, -0.05) is 12.1 Å². The fourth-order valence-corrected chi connectivity index (χ4v) is 2.05. The Labute approximate surface area is 88.9 Å². The first-order valence-electron chi connectivity index (χ1n) is 4.11. The zero-order chi connectivity index (χ0) is 10.3. The summed E-state index contributed by atoms with van der Waals surface area (Å²) in [4.78, 5) is 14.0. The summed E-state index contributed by atoms with van der Waals surface area (Å²) < 4.78 is 0.880. The molecule has 2 rings (SSSR count). The number of carboxylic acids is 1. The lowest BCUT2D eigenvalue weighted by molar-refractivity contribution is 0.0698. The van der Waals surface area contributed by atoms with E-state index < -0.39 is 5.97 Å². The summed E-state index contributed by atoms with van der Waals surface area (Å²) in [6.07, 6.45) is 0. The normalized spacial score (nSPS) is 10.7. The van der Waals surface area contributed by atoms with Crippen molar-refractivity contribution in [2.24, 2.45) is 0 Å². The van der Waals surface area contributed by atoms with Gasteiger partial charge >= 0.3 is 5.97 Å². The predicted molar refractivity (Wildman–Crippen MR) is 57.7 cm³/mol. The molecule has 1 aromatic heterocycles. The van der Waals surface area contributed by atoms with Crippen LogP contribution in [-0.4, -0.2) is 16.1 Å². The highest BCUT2D eigenvalue weighted by molar-refractivity contribution is 9.10. The fourth-order valence-electron chi connectivity index (χ4n) is 1.59. The van der Waals surface area contributed by atoms with Gasteiger partial charge in [0, 0.05) is 15.6 Å². The molecule has 1 aromatic carbocycles. The fraction of sp³-hybridized carbons (Fsp3) is 0.100. The third-order valence-electron chi connectivity index (χ3n) is 2.18. The van der Waals surface area contributed by atoms with Crippen molar-refractivity contribution in [3.8, 4) is 0 Å². The van der Waals surface area contributed by atoms with E-state index in [0.717, 1.165) is 15.4 Å². The Bertz CT molecular complexity index is 516. The Morgan fingerprint density at radius 2 is 2.21 bits per heavy atom. The molecule has 14 heavy (non-hydrogen) atoms. The third-order valence-corrected chi connectivity index (χ3v) is 2.85. The molecule has 0 radical (unpaired) electrons. The molecule has 2 N–H and O–H groups in total. The summed E-state index contributed by atoms with van der Waals surface area (Å²) in [6.45, 7) is 1.76. The van der Waals surface area contributed by atoms with Crippen LogP contribution in [0.15, 0.2) is 22.7 Å². The number of rotatable bonds is 1. The van der Waals surface area contributed by atoms with Gasteiger partial charge in [-0.05, 0) is 28.9 Å². The van der Waals surface area contributed by atoms with E-state index in [2.05, 4.69) is 20.9 Å². The minimum absolute atomic E-state index is 0.348. The first kappa shape index (κ1) is 9.27. The first-order chi connectivity index (χ1) is 6.61. The number of benzene rings is 1. The number of aromatic amines is 1. The lowest BCUT2D eigenvalue weighted by Gasteiger charge is -1.94. The molecule has 4 heteroatoms. The number of carboxylic acid groups (broad SMARTS) is 1. The first-order valence-corrected chi connectivity index (χ1v) is 4.90. The summed E-state index contributed by atoms with van der Waals surface area (Å²) in [5, 5.41) is 9.75. The number of para-hydroxylation sites is 1. The Kier molecular flexibility index (Phi) is 2.07. The van der Waals surface area contributed by atoms with Crippen LogP contribution in [0.5, 0.6) is 0 Å². The van der Waals surface area contributed by atoms with Crippen molar-refractivity contribution in [3.05, 3.63) is 33.9 Å². The van der Waals surface area contributed by atoms with Crippen LogP contribution in [0.3, 0.4) is 0 Å². The van der Waals surface area contributed by atoms with Crippen LogP contribution in [0.4, 0.5) is 0 Å². The largest absolute Gasteiger partial charge is 0.478 e. The minimum Gasteiger partial charge on any atom is -0.478 e. The van der Waals surface area contributed by atoms with E-state index in [1.54, 1.807) is 13.0 Å². The molecular weight excluding hydrogens is 246 g/mol. The van der Waals surface area contributed by atoms with Gasteiger partial charge in [-0.25, -0.2) is 4.79 Å². The molecular formula is C10H8BrNO2.